The number of carbonyl (C=O) groups is 1. The highest BCUT2D eigenvalue weighted by molar-refractivity contribution is 6.33. The lowest BCUT2D eigenvalue weighted by Gasteiger charge is -2.11. The number of carboxylic acid groups (broad SMARTS) is 1. The third kappa shape index (κ3) is 1.81. The number of rotatable bonds is 2. The van der Waals surface area contributed by atoms with Crippen LogP contribution in [-0.2, 0) is 4.79 Å². The first-order valence-corrected chi connectivity index (χ1v) is 4.29. The number of benzene rings is 1. The van der Waals surface area contributed by atoms with Crippen molar-refractivity contribution in [2.45, 2.75) is 13.0 Å². The van der Waals surface area contributed by atoms with Crippen LogP contribution < -0.4 is 5.73 Å². The predicted octanol–water partition coefficient (Wildman–Crippen LogP) is 1.44. The largest absolute Gasteiger partial charge is 0.506 e. The van der Waals surface area contributed by atoms with Crippen LogP contribution in [0.5, 0.6) is 5.75 Å². The Balaban J connectivity index is 3.24. The summed E-state index contributed by atoms with van der Waals surface area (Å²) in [6, 6.07) is 1.85. The van der Waals surface area contributed by atoms with Gasteiger partial charge in [0, 0.05) is 5.56 Å². The average molecular weight is 216 g/mol. The summed E-state index contributed by atoms with van der Waals surface area (Å²) in [7, 11) is 0. The van der Waals surface area contributed by atoms with Crippen LogP contribution in [0.25, 0.3) is 0 Å². The molecular weight excluding hydrogens is 206 g/mol. The monoisotopic (exact) mass is 215 g/mol. The number of aromatic hydroxyl groups is 1. The molecule has 0 bridgehead atoms. The smallest absolute Gasteiger partial charge is 0.325 e. The number of aliphatic carboxylic acids is 1. The average Bonchev–Trinajstić information content (AvgIpc) is 2.13. The topological polar surface area (TPSA) is 83.6 Å². The summed E-state index contributed by atoms with van der Waals surface area (Å²) >= 11 is 5.74. The van der Waals surface area contributed by atoms with Crippen molar-refractivity contribution in [2.24, 2.45) is 5.73 Å². The summed E-state index contributed by atoms with van der Waals surface area (Å²) < 4.78 is 0. The third-order valence-corrected chi connectivity index (χ3v) is 2.35. The minimum absolute atomic E-state index is 0.0000926. The van der Waals surface area contributed by atoms with Crippen LogP contribution in [0.1, 0.15) is 17.2 Å². The Bertz CT molecular complexity index is 379. The summed E-state index contributed by atoms with van der Waals surface area (Å²) in [5.41, 5.74) is 6.15. The number of hydrogen-bond acceptors (Lipinski definition) is 3. The molecule has 0 aliphatic carbocycles. The minimum atomic E-state index is -1.21. The van der Waals surface area contributed by atoms with Crippen molar-refractivity contribution in [1.29, 1.82) is 0 Å². The van der Waals surface area contributed by atoms with E-state index in [1.54, 1.807) is 13.0 Å². The molecular formula is C9H10ClNO3. The van der Waals surface area contributed by atoms with Gasteiger partial charge in [0.15, 0.2) is 0 Å². The number of hydrogen-bond donors (Lipinski definition) is 3. The molecule has 0 radical (unpaired) electrons. The van der Waals surface area contributed by atoms with Gasteiger partial charge < -0.3 is 15.9 Å². The third-order valence-electron chi connectivity index (χ3n) is 1.95. The van der Waals surface area contributed by atoms with E-state index < -0.39 is 12.0 Å². The molecule has 0 heterocycles. The highest BCUT2D eigenvalue weighted by Crippen LogP contribution is 2.33. The fraction of sp³-hybridized carbons (Fsp3) is 0.222. The number of aryl methyl sites for hydroxylation is 1. The lowest BCUT2D eigenvalue weighted by atomic mass is 10.1. The SMILES string of the molecule is Cc1ccc(C(N)C(=O)O)c(Cl)c1O. The van der Waals surface area contributed by atoms with Crippen LogP contribution in [0.2, 0.25) is 5.02 Å². The molecule has 0 spiro atoms. The van der Waals surface area contributed by atoms with Crippen LogP contribution >= 0.6 is 11.6 Å². The molecule has 4 nitrogen and oxygen atoms in total. The molecule has 1 atom stereocenters. The molecule has 0 saturated carbocycles. The maximum Gasteiger partial charge on any atom is 0.325 e. The van der Waals surface area contributed by atoms with Gasteiger partial charge in [-0.2, -0.15) is 0 Å². The Morgan fingerprint density at radius 3 is 2.64 bits per heavy atom. The van der Waals surface area contributed by atoms with Gasteiger partial charge in [0.1, 0.15) is 11.8 Å². The van der Waals surface area contributed by atoms with Crippen molar-refractivity contribution in [2.75, 3.05) is 0 Å². The summed E-state index contributed by atoms with van der Waals surface area (Å²) in [6.45, 7) is 1.66. The van der Waals surface area contributed by atoms with Crippen molar-refractivity contribution in [3.8, 4) is 5.75 Å². The Labute approximate surface area is 85.9 Å². The van der Waals surface area contributed by atoms with E-state index in [4.69, 9.17) is 22.4 Å². The van der Waals surface area contributed by atoms with E-state index in [2.05, 4.69) is 0 Å². The van der Waals surface area contributed by atoms with Gasteiger partial charge in [0.2, 0.25) is 0 Å². The fourth-order valence-corrected chi connectivity index (χ4v) is 1.38. The van der Waals surface area contributed by atoms with Gasteiger partial charge in [-0.1, -0.05) is 23.7 Å². The second-order valence-corrected chi connectivity index (χ2v) is 3.33. The quantitative estimate of drug-likeness (QED) is 0.697. The molecule has 14 heavy (non-hydrogen) atoms. The van der Waals surface area contributed by atoms with Crippen molar-refractivity contribution in [1.82, 2.24) is 0 Å². The predicted molar refractivity (Wildman–Crippen MR) is 52.4 cm³/mol. The van der Waals surface area contributed by atoms with Crippen molar-refractivity contribution in [3.63, 3.8) is 0 Å². The second kappa shape index (κ2) is 3.86. The Kier molecular flexibility index (Phi) is 2.98. The van der Waals surface area contributed by atoms with Gasteiger partial charge in [-0.05, 0) is 12.5 Å². The Morgan fingerprint density at radius 2 is 2.14 bits per heavy atom. The fourth-order valence-electron chi connectivity index (χ4n) is 1.05. The Morgan fingerprint density at radius 1 is 1.57 bits per heavy atom. The zero-order valence-electron chi connectivity index (χ0n) is 7.49. The lowest BCUT2D eigenvalue weighted by Crippen LogP contribution is -2.21. The first-order valence-electron chi connectivity index (χ1n) is 3.91. The van der Waals surface area contributed by atoms with E-state index >= 15 is 0 Å². The van der Waals surface area contributed by atoms with E-state index in [-0.39, 0.29) is 16.3 Å². The molecule has 76 valence electrons. The number of phenolic OH excluding ortho intramolecular Hbond substituents is 1. The van der Waals surface area contributed by atoms with Gasteiger partial charge in [-0.25, -0.2) is 0 Å². The van der Waals surface area contributed by atoms with E-state index in [9.17, 15) is 9.90 Å². The molecule has 0 saturated heterocycles. The van der Waals surface area contributed by atoms with Gasteiger partial charge in [-0.3, -0.25) is 4.79 Å². The summed E-state index contributed by atoms with van der Waals surface area (Å²) in [5.74, 6) is -1.31. The Hall–Kier alpha value is -1.26. The molecule has 4 N–H and O–H groups in total. The lowest BCUT2D eigenvalue weighted by molar-refractivity contribution is -0.138. The van der Waals surface area contributed by atoms with E-state index in [0.717, 1.165) is 0 Å². The molecule has 1 aromatic carbocycles. The molecule has 0 fully saturated rings. The maximum atomic E-state index is 10.6. The van der Waals surface area contributed by atoms with Crippen LogP contribution in [-0.4, -0.2) is 16.2 Å². The number of carboxylic acids is 1. The molecule has 0 aliphatic rings. The van der Waals surface area contributed by atoms with Crippen LogP contribution in [0.3, 0.4) is 0 Å². The zero-order valence-corrected chi connectivity index (χ0v) is 8.25. The molecule has 1 aromatic rings. The first kappa shape index (κ1) is 10.8. The highest BCUT2D eigenvalue weighted by atomic mass is 35.5. The normalized spacial score (nSPS) is 12.5. The highest BCUT2D eigenvalue weighted by Gasteiger charge is 2.19. The zero-order chi connectivity index (χ0) is 10.9. The van der Waals surface area contributed by atoms with Crippen molar-refractivity contribution in [3.05, 3.63) is 28.3 Å². The summed E-state index contributed by atoms with van der Waals surface area (Å²) in [6.07, 6.45) is 0. The van der Waals surface area contributed by atoms with Crippen LogP contribution in [0, 0.1) is 6.92 Å². The second-order valence-electron chi connectivity index (χ2n) is 2.95. The number of halogens is 1. The maximum absolute atomic E-state index is 10.6. The van der Waals surface area contributed by atoms with Gasteiger partial charge in [0.05, 0.1) is 5.02 Å². The van der Waals surface area contributed by atoms with Gasteiger partial charge in [-0.15, -0.1) is 0 Å². The summed E-state index contributed by atoms with van der Waals surface area (Å²) in [4.78, 5) is 10.6. The molecule has 1 unspecified atom stereocenters. The van der Waals surface area contributed by atoms with E-state index in [1.165, 1.54) is 6.07 Å². The first-order chi connectivity index (χ1) is 6.45. The van der Waals surface area contributed by atoms with Crippen LogP contribution in [0.4, 0.5) is 0 Å². The van der Waals surface area contributed by atoms with E-state index in [1.807, 2.05) is 0 Å². The van der Waals surface area contributed by atoms with Gasteiger partial charge in [0.25, 0.3) is 0 Å². The van der Waals surface area contributed by atoms with Gasteiger partial charge >= 0.3 is 5.97 Å². The van der Waals surface area contributed by atoms with E-state index in [0.29, 0.717) is 5.56 Å². The van der Waals surface area contributed by atoms with Crippen LogP contribution in [0.15, 0.2) is 12.1 Å². The minimum Gasteiger partial charge on any atom is -0.506 e. The molecule has 5 heteroatoms. The number of nitrogens with two attached hydrogens (primary N) is 1. The molecule has 1 rings (SSSR count). The van der Waals surface area contributed by atoms with Crippen molar-refractivity contribution < 1.29 is 15.0 Å². The molecule has 0 aromatic heterocycles. The van der Waals surface area contributed by atoms with Crippen molar-refractivity contribution >= 4 is 17.6 Å². The standard InChI is InChI=1S/C9H10ClNO3/c1-4-2-3-5(6(10)8(4)12)7(11)9(13)14/h2-3,7,12H,11H2,1H3,(H,13,14). The molecule has 0 amide bonds. The summed E-state index contributed by atoms with van der Waals surface area (Å²) in [5, 5.41) is 18.1. The number of phenols is 1. The molecule has 0 aliphatic heterocycles.